The molecule has 1 aromatic rings. The van der Waals surface area contributed by atoms with Crippen molar-refractivity contribution in [2.45, 2.75) is 50.1 Å². The van der Waals surface area contributed by atoms with Gasteiger partial charge in [-0.25, -0.2) is 0 Å². The van der Waals surface area contributed by atoms with E-state index in [0.29, 0.717) is 25.0 Å². The average Bonchev–Trinajstić information content (AvgIpc) is 2.54. The van der Waals surface area contributed by atoms with Crippen LogP contribution in [-0.2, 0) is 12.4 Å². The van der Waals surface area contributed by atoms with Crippen LogP contribution >= 0.6 is 12.2 Å². The smallest absolute Gasteiger partial charge is 0.370 e. The largest absolute Gasteiger partial charge is 0.416 e. The lowest BCUT2D eigenvalue weighted by Gasteiger charge is -2.33. The van der Waals surface area contributed by atoms with E-state index in [0.717, 1.165) is 12.8 Å². The van der Waals surface area contributed by atoms with E-state index in [1.165, 1.54) is 0 Å². The summed E-state index contributed by atoms with van der Waals surface area (Å²) < 4.78 is 77.6. The summed E-state index contributed by atoms with van der Waals surface area (Å²) in [6.45, 7) is 0. The number of nitrogens with one attached hydrogen (secondary N) is 4. The Morgan fingerprint density at radius 1 is 0.929 bits per heavy atom. The first-order valence-corrected chi connectivity index (χ1v) is 8.74. The van der Waals surface area contributed by atoms with E-state index in [4.69, 9.17) is 23.4 Å². The molecule has 12 heteroatoms. The molecule has 2 atom stereocenters. The van der Waals surface area contributed by atoms with Crippen LogP contribution in [-0.4, -0.2) is 23.2 Å². The molecule has 1 aliphatic rings. The highest BCUT2D eigenvalue weighted by molar-refractivity contribution is 7.80. The Labute approximate surface area is 162 Å². The molecule has 0 amide bonds. The number of alkyl halides is 6. The zero-order valence-electron chi connectivity index (χ0n) is 14.5. The molecule has 1 aromatic carbocycles. The van der Waals surface area contributed by atoms with E-state index in [1.807, 2.05) is 0 Å². The van der Waals surface area contributed by atoms with E-state index in [9.17, 15) is 26.3 Å². The lowest BCUT2D eigenvalue weighted by molar-refractivity contribution is -0.143. The number of anilines is 1. The van der Waals surface area contributed by atoms with Gasteiger partial charge >= 0.3 is 12.4 Å². The maximum Gasteiger partial charge on any atom is 0.416 e. The second-order valence-corrected chi connectivity index (χ2v) is 6.86. The lowest BCUT2D eigenvalue weighted by Crippen LogP contribution is -2.55. The maximum atomic E-state index is 12.9. The Balaban J connectivity index is 2.17. The van der Waals surface area contributed by atoms with E-state index in [1.54, 1.807) is 0 Å². The molecule has 28 heavy (non-hydrogen) atoms. The normalized spacial score (nSPS) is 20.4. The maximum absolute atomic E-state index is 12.9. The summed E-state index contributed by atoms with van der Waals surface area (Å²) in [6, 6.07) is 0.684. The topological polar surface area (TPSA) is 86.0 Å². The molecule has 1 saturated carbocycles. The van der Waals surface area contributed by atoms with Crippen LogP contribution in [0.15, 0.2) is 18.2 Å². The fourth-order valence-electron chi connectivity index (χ4n) is 3.04. The Hall–Kier alpha value is -2.24. The number of benzene rings is 1. The third kappa shape index (κ3) is 6.14. The standard InChI is InChI=1S/C16H19F6N5S/c17-15(18,19)8-5-9(16(20,21)22)7-10(6-8)25-14(28)27-12-4-2-1-3-11(12)26-13(23)24/h5-7,11-12H,1-4H2,(H4,23,24,26)(H2,25,27,28)/t11-,12-/m1/s1. The van der Waals surface area contributed by atoms with Gasteiger partial charge in [0.25, 0.3) is 0 Å². The van der Waals surface area contributed by atoms with Crippen molar-refractivity contribution in [2.24, 2.45) is 5.73 Å². The number of thiocarbonyl (C=S) groups is 1. The summed E-state index contributed by atoms with van der Waals surface area (Å²) in [4.78, 5) is 0. The summed E-state index contributed by atoms with van der Waals surface area (Å²) in [6.07, 6.45) is -6.77. The van der Waals surface area contributed by atoms with Gasteiger partial charge in [0.1, 0.15) is 0 Å². The fraction of sp³-hybridized carbons (Fsp3) is 0.500. The first kappa shape index (κ1) is 22.1. The van der Waals surface area contributed by atoms with Crippen LogP contribution in [0.3, 0.4) is 0 Å². The summed E-state index contributed by atoms with van der Waals surface area (Å²) in [7, 11) is 0. The van der Waals surface area contributed by atoms with Crippen molar-refractivity contribution in [3.8, 4) is 0 Å². The van der Waals surface area contributed by atoms with Gasteiger partial charge in [0, 0.05) is 17.8 Å². The first-order chi connectivity index (χ1) is 12.9. The number of nitrogens with two attached hydrogens (primary N) is 1. The zero-order valence-corrected chi connectivity index (χ0v) is 15.3. The van der Waals surface area contributed by atoms with Crippen molar-refractivity contribution in [1.82, 2.24) is 10.6 Å². The summed E-state index contributed by atoms with van der Waals surface area (Å²) in [5.74, 6) is -0.231. The van der Waals surface area contributed by atoms with Crippen molar-refractivity contribution >= 4 is 29.0 Å². The summed E-state index contributed by atoms with van der Waals surface area (Å²) in [5.41, 5.74) is 2.05. The average molecular weight is 427 g/mol. The highest BCUT2D eigenvalue weighted by Gasteiger charge is 2.37. The number of guanidine groups is 1. The third-order valence-electron chi connectivity index (χ3n) is 4.27. The molecule has 0 heterocycles. The van der Waals surface area contributed by atoms with Crippen molar-refractivity contribution < 1.29 is 26.3 Å². The fourth-order valence-corrected chi connectivity index (χ4v) is 3.31. The van der Waals surface area contributed by atoms with Gasteiger partial charge in [-0.2, -0.15) is 26.3 Å². The minimum absolute atomic E-state index is 0.0512. The van der Waals surface area contributed by atoms with E-state index in [-0.39, 0.29) is 29.2 Å². The van der Waals surface area contributed by atoms with Gasteiger partial charge in [0.05, 0.1) is 11.1 Å². The van der Waals surface area contributed by atoms with Crippen molar-refractivity contribution in [3.63, 3.8) is 0 Å². The van der Waals surface area contributed by atoms with Gasteiger partial charge in [-0.1, -0.05) is 12.8 Å². The SMILES string of the molecule is N=C(N)N[C@@H]1CCCC[C@H]1NC(=S)Nc1cc(C(F)(F)F)cc(C(F)(F)F)c1. The van der Waals surface area contributed by atoms with Crippen molar-refractivity contribution in [3.05, 3.63) is 29.3 Å². The van der Waals surface area contributed by atoms with Gasteiger partial charge in [-0.05, 0) is 43.3 Å². The van der Waals surface area contributed by atoms with E-state index in [2.05, 4.69) is 16.0 Å². The molecule has 2 rings (SSSR count). The summed E-state index contributed by atoms with van der Waals surface area (Å²) >= 11 is 5.06. The van der Waals surface area contributed by atoms with Crippen LogP contribution in [0, 0.1) is 5.41 Å². The molecule has 0 saturated heterocycles. The number of halogens is 6. The van der Waals surface area contributed by atoms with Crippen molar-refractivity contribution in [2.75, 3.05) is 5.32 Å². The predicted molar refractivity (Wildman–Crippen MR) is 96.9 cm³/mol. The van der Waals surface area contributed by atoms with Gasteiger partial charge in [-0.3, -0.25) is 5.41 Å². The molecule has 0 bridgehead atoms. The quantitative estimate of drug-likeness (QED) is 0.219. The molecule has 1 fully saturated rings. The van der Waals surface area contributed by atoms with E-state index >= 15 is 0 Å². The van der Waals surface area contributed by atoms with Crippen LogP contribution in [0.2, 0.25) is 0 Å². The van der Waals surface area contributed by atoms with Gasteiger partial charge in [-0.15, -0.1) is 0 Å². The third-order valence-corrected chi connectivity index (χ3v) is 4.49. The summed E-state index contributed by atoms with van der Waals surface area (Å²) in [5, 5.41) is 15.3. The predicted octanol–water partition coefficient (Wildman–Crippen LogP) is 3.80. The Kier molecular flexibility index (Phi) is 6.63. The van der Waals surface area contributed by atoms with Gasteiger partial charge in [0.2, 0.25) is 0 Å². The van der Waals surface area contributed by atoms with Crippen LogP contribution < -0.4 is 21.7 Å². The number of hydrogen-bond donors (Lipinski definition) is 5. The molecule has 0 spiro atoms. The Bertz CT molecular complexity index is 701. The van der Waals surface area contributed by atoms with Crippen LogP contribution in [0.1, 0.15) is 36.8 Å². The van der Waals surface area contributed by atoms with Gasteiger partial charge in [0.15, 0.2) is 11.1 Å². The van der Waals surface area contributed by atoms with Crippen molar-refractivity contribution in [1.29, 1.82) is 5.41 Å². The molecule has 0 unspecified atom stereocenters. The highest BCUT2D eigenvalue weighted by Crippen LogP contribution is 2.37. The number of hydrogen-bond acceptors (Lipinski definition) is 2. The second-order valence-electron chi connectivity index (χ2n) is 6.45. The molecule has 5 nitrogen and oxygen atoms in total. The second kappa shape index (κ2) is 8.41. The lowest BCUT2D eigenvalue weighted by atomic mass is 9.90. The Morgan fingerprint density at radius 2 is 1.39 bits per heavy atom. The highest BCUT2D eigenvalue weighted by atomic mass is 32.1. The monoisotopic (exact) mass is 427 g/mol. The minimum atomic E-state index is -4.94. The molecular weight excluding hydrogens is 408 g/mol. The molecule has 1 aliphatic carbocycles. The van der Waals surface area contributed by atoms with Gasteiger partial charge < -0.3 is 21.7 Å². The van der Waals surface area contributed by atoms with Crippen LogP contribution in [0.4, 0.5) is 32.0 Å². The van der Waals surface area contributed by atoms with Crippen LogP contribution in [0.5, 0.6) is 0 Å². The minimum Gasteiger partial charge on any atom is -0.370 e. The molecule has 156 valence electrons. The van der Waals surface area contributed by atoms with Crippen LogP contribution in [0.25, 0.3) is 0 Å². The molecular formula is C16H19F6N5S. The molecule has 0 radical (unpaired) electrons. The molecule has 6 N–H and O–H groups in total. The van der Waals surface area contributed by atoms with E-state index < -0.39 is 29.2 Å². The molecule has 0 aliphatic heterocycles. The number of rotatable bonds is 3. The zero-order chi connectivity index (χ0) is 21.1. The first-order valence-electron chi connectivity index (χ1n) is 8.34. The molecule has 0 aromatic heterocycles. The Morgan fingerprint density at radius 3 is 1.82 bits per heavy atom.